The van der Waals surface area contributed by atoms with Gasteiger partial charge in [-0.3, -0.25) is 4.79 Å². The minimum Gasteiger partial charge on any atom is -0.480 e. The molecule has 1 saturated carbocycles. The molecule has 0 heterocycles. The first-order valence-electron chi connectivity index (χ1n) is 6.97. The summed E-state index contributed by atoms with van der Waals surface area (Å²) in [6.07, 6.45) is 1.59. The standard InChI is InChI=1S/C16H21NO3/c1-4-17(15(2,3)14(19)20)13(18)16(10-11-16)12-8-6-5-7-9-12/h5-9H,4,10-11H2,1-3H3,(H,19,20). The average Bonchev–Trinajstić information content (AvgIpc) is 3.21. The molecular formula is C16H21NO3. The van der Waals surface area contributed by atoms with E-state index in [4.69, 9.17) is 0 Å². The summed E-state index contributed by atoms with van der Waals surface area (Å²) >= 11 is 0. The second-order valence-electron chi connectivity index (χ2n) is 5.86. The number of carbonyl (C=O) groups is 2. The van der Waals surface area contributed by atoms with Crippen molar-refractivity contribution in [3.63, 3.8) is 0 Å². The van der Waals surface area contributed by atoms with Gasteiger partial charge >= 0.3 is 5.97 Å². The molecule has 4 nitrogen and oxygen atoms in total. The summed E-state index contributed by atoms with van der Waals surface area (Å²) in [4.78, 5) is 25.8. The molecule has 1 fully saturated rings. The fourth-order valence-electron chi connectivity index (χ4n) is 2.67. The number of nitrogens with zero attached hydrogens (tertiary/aromatic N) is 1. The average molecular weight is 275 g/mol. The Bertz CT molecular complexity index is 518. The molecule has 4 heteroatoms. The van der Waals surface area contributed by atoms with E-state index in [-0.39, 0.29) is 5.91 Å². The van der Waals surface area contributed by atoms with Crippen LogP contribution in [0.25, 0.3) is 0 Å². The molecule has 0 aliphatic heterocycles. The number of carboxylic acid groups (broad SMARTS) is 1. The minimum atomic E-state index is -1.18. The number of carboxylic acids is 1. The van der Waals surface area contributed by atoms with E-state index in [1.54, 1.807) is 13.8 Å². The molecule has 1 aliphatic carbocycles. The van der Waals surface area contributed by atoms with Gasteiger partial charge in [0.1, 0.15) is 5.54 Å². The summed E-state index contributed by atoms with van der Waals surface area (Å²) in [6, 6.07) is 9.66. The van der Waals surface area contributed by atoms with Crippen LogP contribution in [-0.2, 0) is 15.0 Å². The largest absolute Gasteiger partial charge is 0.480 e. The number of hydrogen-bond acceptors (Lipinski definition) is 2. The van der Waals surface area contributed by atoms with Gasteiger partial charge < -0.3 is 10.0 Å². The van der Waals surface area contributed by atoms with Gasteiger partial charge in [0, 0.05) is 6.54 Å². The Morgan fingerprint density at radius 1 is 1.25 bits per heavy atom. The van der Waals surface area contributed by atoms with Crippen LogP contribution in [0.4, 0.5) is 0 Å². The molecule has 0 bridgehead atoms. The molecule has 108 valence electrons. The normalized spacial score (nSPS) is 16.6. The minimum absolute atomic E-state index is 0.0707. The number of benzene rings is 1. The fourth-order valence-corrected chi connectivity index (χ4v) is 2.67. The number of hydrogen-bond donors (Lipinski definition) is 1. The maximum Gasteiger partial charge on any atom is 0.329 e. The van der Waals surface area contributed by atoms with Crippen molar-refractivity contribution in [2.24, 2.45) is 0 Å². The van der Waals surface area contributed by atoms with Crippen LogP contribution in [0.1, 0.15) is 39.2 Å². The van der Waals surface area contributed by atoms with Crippen molar-refractivity contribution in [2.45, 2.75) is 44.6 Å². The SMILES string of the molecule is CCN(C(=O)C1(c2ccccc2)CC1)C(C)(C)C(=O)O. The summed E-state index contributed by atoms with van der Waals surface area (Å²) in [7, 11) is 0. The van der Waals surface area contributed by atoms with Gasteiger partial charge in [0.15, 0.2) is 0 Å². The third kappa shape index (κ3) is 2.19. The molecule has 0 unspecified atom stereocenters. The van der Waals surface area contributed by atoms with Gasteiger partial charge in [-0.2, -0.15) is 0 Å². The number of amides is 1. The van der Waals surface area contributed by atoms with E-state index in [2.05, 4.69) is 0 Å². The fraction of sp³-hybridized carbons (Fsp3) is 0.500. The van der Waals surface area contributed by atoms with Gasteiger partial charge in [-0.1, -0.05) is 30.3 Å². The molecule has 0 atom stereocenters. The van der Waals surface area contributed by atoms with Crippen LogP contribution in [0.5, 0.6) is 0 Å². The predicted octanol–water partition coefficient (Wildman–Crippen LogP) is 2.43. The number of likely N-dealkylation sites (N-methyl/N-ethyl adjacent to an activating group) is 1. The zero-order valence-corrected chi connectivity index (χ0v) is 12.2. The first-order chi connectivity index (χ1) is 9.36. The zero-order valence-electron chi connectivity index (χ0n) is 12.2. The lowest BCUT2D eigenvalue weighted by atomic mass is 9.91. The van der Waals surface area contributed by atoms with Crippen LogP contribution < -0.4 is 0 Å². The highest BCUT2D eigenvalue weighted by Gasteiger charge is 2.55. The summed E-state index contributed by atoms with van der Waals surface area (Å²) in [5.41, 5.74) is -0.704. The monoisotopic (exact) mass is 275 g/mol. The molecule has 0 radical (unpaired) electrons. The summed E-state index contributed by atoms with van der Waals surface area (Å²) < 4.78 is 0. The van der Waals surface area contributed by atoms with Crippen molar-refractivity contribution in [3.05, 3.63) is 35.9 Å². The van der Waals surface area contributed by atoms with Crippen molar-refractivity contribution < 1.29 is 14.7 Å². The van der Waals surface area contributed by atoms with Crippen molar-refractivity contribution >= 4 is 11.9 Å². The Morgan fingerprint density at radius 3 is 2.20 bits per heavy atom. The molecule has 1 N–H and O–H groups in total. The number of carbonyl (C=O) groups excluding carboxylic acids is 1. The van der Waals surface area contributed by atoms with Gasteiger partial charge in [0.05, 0.1) is 5.41 Å². The van der Waals surface area contributed by atoms with Crippen molar-refractivity contribution in [3.8, 4) is 0 Å². The highest BCUT2D eigenvalue weighted by atomic mass is 16.4. The molecule has 0 spiro atoms. The van der Waals surface area contributed by atoms with E-state index in [0.717, 1.165) is 18.4 Å². The van der Waals surface area contributed by atoms with Gasteiger partial charge in [0.2, 0.25) is 5.91 Å². The first-order valence-corrected chi connectivity index (χ1v) is 6.97. The van der Waals surface area contributed by atoms with Crippen molar-refractivity contribution in [1.29, 1.82) is 0 Å². The van der Waals surface area contributed by atoms with E-state index in [0.29, 0.717) is 6.54 Å². The Kier molecular flexibility index (Phi) is 3.59. The highest BCUT2D eigenvalue weighted by molar-refractivity contribution is 5.95. The quantitative estimate of drug-likeness (QED) is 0.898. The van der Waals surface area contributed by atoms with Crippen LogP contribution in [-0.4, -0.2) is 34.0 Å². The molecular weight excluding hydrogens is 254 g/mol. The molecule has 1 aromatic carbocycles. The lowest BCUT2D eigenvalue weighted by molar-refractivity contribution is -0.157. The molecule has 0 aromatic heterocycles. The van der Waals surface area contributed by atoms with E-state index in [1.165, 1.54) is 4.90 Å². The lowest BCUT2D eigenvalue weighted by Gasteiger charge is -2.37. The zero-order chi connectivity index (χ0) is 15.0. The maximum atomic E-state index is 12.9. The van der Waals surface area contributed by atoms with Gasteiger partial charge in [-0.05, 0) is 39.2 Å². The third-order valence-corrected chi connectivity index (χ3v) is 4.25. The highest BCUT2D eigenvalue weighted by Crippen LogP contribution is 2.50. The third-order valence-electron chi connectivity index (χ3n) is 4.25. The molecule has 0 saturated heterocycles. The topological polar surface area (TPSA) is 57.6 Å². The summed E-state index contributed by atoms with van der Waals surface area (Å²) in [5.74, 6) is -1.05. The van der Waals surface area contributed by atoms with Crippen LogP contribution in [0.15, 0.2) is 30.3 Å². The Hall–Kier alpha value is -1.84. The second kappa shape index (κ2) is 4.93. The van der Waals surface area contributed by atoms with Crippen molar-refractivity contribution in [2.75, 3.05) is 6.54 Å². The van der Waals surface area contributed by atoms with Gasteiger partial charge in [-0.15, -0.1) is 0 Å². The second-order valence-corrected chi connectivity index (χ2v) is 5.86. The van der Waals surface area contributed by atoms with Crippen LogP contribution >= 0.6 is 0 Å². The summed E-state index contributed by atoms with van der Waals surface area (Å²) in [6.45, 7) is 5.38. The maximum absolute atomic E-state index is 12.9. The Morgan fingerprint density at radius 2 is 1.80 bits per heavy atom. The molecule has 2 rings (SSSR count). The van der Waals surface area contributed by atoms with E-state index >= 15 is 0 Å². The van der Waals surface area contributed by atoms with E-state index in [9.17, 15) is 14.7 Å². The van der Waals surface area contributed by atoms with Gasteiger partial charge in [-0.25, -0.2) is 4.79 Å². The van der Waals surface area contributed by atoms with Crippen LogP contribution in [0, 0.1) is 0 Å². The molecule has 1 aromatic rings. The van der Waals surface area contributed by atoms with E-state index < -0.39 is 16.9 Å². The van der Waals surface area contributed by atoms with Gasteiger partial charge in [0.25, 0.3) is 0 Å². The summed E-state index contributed by atoms with van der Waals surface area (Å²) in [5, 5.41) is 9.35. The van der Waals surface area contributed by atoms with E-state index in [1.807, 2.05) is 37.3 Å². The first kappa shape index (κ1) is 14.6. The molecule has 1 amide bonds. The Balaban J connectivity index is 2.33. The number of rotatable bonds is 5. The molecule has 1 aliphatic rings. The number of aliphatic carboxylic acids is 1. The smallest absolute Gasteiger partial charge is 0.329 e. The molecule has 20 heavy (non-hydrogen) atoms. The van der Waals surface area contributed by atoms with Crippen molar-refractivity contribution in [1.82, 2.24) is 4.90 Å². The van der Waals surface area contributed by atoms with Crippen LogP contribution in [0.2, 0.25) is 0 Å². The van der Waals surface area contributed by atoms with Crippen LogP contribution in [0.3, 0.4) is 0 Å². The lowest BCUT2D eigenvalue weighted by Crippen LogP contribution is -2.55. The Labute approximate surface area is 119 Å². The predicted molar refractivity (Wildman–Crippen MR) is 76.5 cm³/mol.